The van der Waals surface area contributed by atoms with Crippen LogP contribution in [0.25, 0.3) is 0 Å². The predicted molar refractivity (Wildman–Crippen MR) is 85.6 cm³/mol. The second kappa shape index (κ2) is 7.19. The third kappa shape index (κ3) is 4.04. The number of thiophene rings is 1. The van der Waals surface area contributed by atoms with Gasteiger partial charge in [-0.25, -0.2) is 0 Å². The summed E-state index contributed by atoms with van der Waals surface area (Å²) in [6.45, 7) is 4.25. The molecule has 21 heavy (non-hydrogen) atoms. The predicted octanol–water partition coefficient (Wildman–Crippen LogP) is 2.09. The van der Waals surface area contributed by atoms with Gasteiger partial charge < -0.3 is 4.74 Å². The van der Waals surface area contributed by atoms with Crippen molar-refractivity contribution in [1.29, 1.82) is 0 Å². The topological polar surface area (TPSA) is 49.9 Å². The monoisotopic (exact) mass is 332 g/mol. The average molecular weight is 332 g/mol. The van der Waals surface area contributed by atoms with Gasteiger partial charge in [-0.05, 0) is 42.7 Å². The van der Waals surface area contributed by atoms with Crippen LogP contribution in [0.4, 0.5) is 0 Å². The molecule has 1 atom stereocenters. The maximum atomic E-state index is 12.7. The van der Waals surface area contributed by atoms with E-state index in [0.29, 0.717) is 32.2 Å². The molecular formula is C14H24N2O3S2. The zero-order chi connectivity index (χ0) is 15.5. The van der Waals surface area contributed by atoms with Crippen molar-refractivity contribution in [2.45, 2.75) is 26.3 Å². The first kappa shape index (κ1) is 16.9. The van der Waals surface area contributed by atoms with Crippen molar-refractivity contribution in [2.24, 2.45) is 5.92 Å². The molecule has 1 aromatic rings. The van der Waals surface area contributed by atoms with Gasteiger partial charge in [0.2, 0.25) is 0 Å². The highest BCUT2D eigenvalue weighted by Crippen LogP contribution is 2.23. The van der Waals surface area contributed by atoms with Crippen LogP contribution in [-0.2, 0) is 21.5 Å². The molecule has 1 aliphatic heterocycles. The van der Waals surface area contributed by atoms with Crippen molar-refractivity contribution in [3.05, 3.63) is 21.9 Å². The van der Waals surface area contributed by atoms with E-state index in [0.717, 1.165) is 23.3 Å². The summed E-state index contributed by atoms with van der Waals surface area (Å²) >= 11 is 1.60. The lowest BCUT2D eigenvalue weighted by atomic mass is 10.0. The number of ether oxygens (including phenoxy) is 1. The van der Waals surface area contributed by atoms with Gasteiger partial charge >= 0.3 is 0 Å². The second-order valence-corrected chi connectivity index (χ2v) is 8.65. The van der Waals surface area contributed by atoms with Crippen LogP contribution in [0.15, 0.2) is 11.4 Å². The van der Waals surface area contributed by atoms with E-state index in [-0.39, 0.29) is 0 Å². The van der Waals surface area contributed by atoms with E-state index in [9.17, 15) is 8.42 Å². The van der Waals surface area contributed by atoms with Crippen LogP contribution in [0.5, 0.6) is 0 Å². The molecule has 1 saturated heterocycles. The summed E-state index contributed by atoms with van der Waals surface area (Å²) in [5.74, 6) is 0.301. The zero-order valence-electron chi connectivity index (χ0n) is 12.9. The summed E-state index contributed by atoms with van der Waals surface area (Å²) in [4.78, 5) is 1.10. The average Bonchev–Trinajstić information content (AvgIpc) is 2.85. The molecule has 1 unspecified atom stereocenters. The van der Waals surface area contributed by atoms with Crippen LogP contribution in [0, 0.1) is 12.8 Å². The molecule has 2 heterocycles. The van der Waals surface area contributed by atoms with Gasteiger partial charge in [0.05, 0.1) is 6.61 Å². The van der Waals surface area contributed by atoms with Crippen LogP contribution in [0.2, 0.25) is 0 Å². The minimum Gasteiger partial charge on any atom is -0.384 e. The van der Waals surface area contributed by atoms with E-state index in [2.05, 4.69) is 0 Å². The Morgan fingerprint density at radius 3 is 2.90 bits per heavy atom. The summed E-state index contributed by atoms with van der Waals surface area (Å²) in [5, 5.41) is 2.00. The molecule has 0 radical (unpaired) electrons. The third-order valence-electron chi connectivity index (χ3n) is 3.94. The summed E-state index contributed by atoms with van der Waals surface area (Å²) in [6, 6.07) is 2.02. The van der Waals surface area contributed by atoms with E-state index in [4.69, 9.17) is 4.74 Å². The fourth-order valence-corrected chi connectivity index (χ4v) is 5.14. The number of nitrogens with zero attached hydrogens (tertiary/aromatic N) is 2. The smallest absolute Gasteiger partial charge is 0.282 e. The normalized spacial score (nSPS) is 21.0. The third-order valence-corrected chi connectivity index (χ3v) is 6.85. The van der Waals surface area contributed by atoms with E-state index in [1.807, 2.05) is 18.4 Å². The highest BCUT2D eigenvalue weighted by atomic mass is 32.2. The first-order valence-electron chi connectivity index (χ1n) is 7.18. The molecule has 0 aromatic carbocycles. The number of rotatable bonds is 6. The molecule has 1 fully saturated rings. The van der Waals surface area contributed by atoms with Crippen LogP contribution >= 0.6 is 11.3 Å². The van der Waals surface area contributed by atoms with Crippen molar-refractivity contribution in [3.8, 4) is 0 Å². The first-order chi connectivity index (χ1) is 9.95. The van der Waals surface area contributed by atoms with Gasteiger partial charge in [0.15, 0.2) is 0 Å². The van der Waals surface area contributed by atoms with Gasteiger partial charge in [0.25, 0.3) is 10.2 Å². The number of methoxy groups -OCH3 is 1. The fourth-order valence-electron chi connectivity index (χ4n) is 2.66. The van der Waals surface area contributed by atoms with Crippen LogP contribution in [0.3, 0.4) is 0 Å². The van der Waals surface area contributed by atoms with E-state index >= 15 is 0 Å². The van der Waals surface area contributed by atoms with Crippen molar-refractivity contribution >= 4 is 21.5 Å². The van der Waals surface area contributed by atoms with E-state index < -0.39 is 10.2 Å². The lowest BCUT2D eigenvalue weighted by Crippen LogP contribution is -2.47. The largest absolute Gasteiger partial charge is 0.384 e. The van der Waals surface area contributed by atoms with Crippen molar-refractivity contribution < 1.29 is 13.2 Å². The van der Waals surface area contributed by atoms with Gasteiger partial charge in [0, 0.05) is 38.7 Å². The SMILES string of the molecule is COCC1CCCN(S(=O)(=O)N(C)Cc2sccc2C)C1. The Kier molecular flexibility index (Phi) is 5.79. The maximum absolute atomic E-state index is 12.7. The molecule has 0 spiro atoms. The summed E-state index contributed by atoms with van der Waals surface area (Å²) in [6.07, 6.45) is 1.94. The number of hydrogen-bond donors (Lipinski definition) is 0. The second-order valence-electron chi connectivity index (χ2n) is 5.61. The Balaban J connectivity index is 2.04. The molecule has 0 amide bonds. The summed E-state index contributed by atoms with van der Waals surface area (Å²) in [7, 11) is -0.0614. The molecule has 0 aliphatic carbocycles. The van der Waals surface area contributed by atoms with Gasteiger partial charge in [-0.1, -0.05) is 0 Å². The van der Waals surface area contributed by atoms with E-state index in [1.54, 1.807) is 29.8 Å². The fraction of sp³-hybridized carbons (Fsp3) is 0.714. The molecule has 120 valence electrons. The first-order valence-corrected chi connectivity index (χ1v) is 9.46. The number of aryl methyl sites for hydroxylation is 1. The highest BCUT2D eigenvalue weighted by Gasteiger charge is 2.32. The molecular weight excluding hydrogens is 308 g/mol. The molecule has 0 saturated carbocycles. The molecule has 5 nitrogen and oxygen atoms in total. The number of hydrogen-bond acceptors (Lipinski definition) is 4. The number of piperidine rings is 1. The molecule has 0 bridgehead atoms. The Bertz CT molecular complexity index is 554. The molecule has 1 aliphatic rings. The quantitative estimate of drug-likeness (QED) is 0.801. The summed E-state index contributed by atoms with van der Waals surface area (Å²) in [5.41, 5.74) is 1.15. The zero-order valence-corrected chi connectivity index (χ0v) is 14.5. The molecule has 7 heteroatoms. The lowest BCUT2D eigenvalue weighted by Gasteiger charge is -2.34. The minimum absolute atomic E-state index is 0.301. The Hall–Kier alpha value is -0.470. The van der Waals surface area contributed by atoms with Gasteiger partial charge in [0.1, 0.15) is 0 Å². The highest BCUT2D eigenvalue weighted by molar-refractivity contribution is 7.86. The van der Waals surface area contributed by atoms with Gasteiger partial charge in [-0.2, -0.15) is 17.0 Å². The van der Waals surface area contributed by atoms with E-state index in [1.165, 1.54) is 4.31 Å². The van der Waals surface area contributed by atoms with Crippen LogP contribution in [-0.4, -0.2) is 50.9 Å². The Labute approximate surface area is 131 Å². The van der Waals surface area contributed by atoms with Crippen molar-refractivity contribution in [1.82, 2.24) is 8.61 Å². The standard InChI is InChI=1S/C14H24N2O3S2/c1-12-6-8-20-14(12)10-15(2)21(17,18)16-7-4-5-13(9-16)11-19-3/h6,8,13H,4-5,7,9-11H2,1-3H3. The van der Waals surface area contributed by atoms with Crippen LogP contribution < -0.4 is 0 Å². The minimum atomic E-state index is -3.39. The Morgan fingerprint density at radius 2 is 2.29 bits per heavy atom. The lowest BCUT2D eigenvalue weighted by molar-refractivity contribution is 0.116. The van der Waals surface area contributed by atoms with Gasteiger partial charge in [-0.3, -0.25) is 0 Å². The summed E-state index contributed by atoms with van der Waals surface area (Å²) < 4.78 is 33.6. The van der Waals surface area contributed by atoms with Crippen LogP contribution in [0.1, 0.15) is 23.3 Å². The Morgan fingerprint density at radius 1 is 1.52 bits per heavy atom. The molecule has 0 N–H and O–H groups in total. The molecule has 2 rings (SSSR count). The van der Waals surface area contributed by atoms with Gasteiger partial charge in [-0.15, -0.1) is 11.3 Å². The van der Waals surface area contributed by atoms with Crippen molar-refractivity contribution in [2.75, 3.05) is 33.9 Å². The maximum Gasteiger partial charge on any atom is 0.282 e. The van der Waals surface area contributed by atoms with Crippen molar-refractivity contribution in [3.63, 3.8) is 0 Å². The molecule has 1 aromatic heterocycles.